The molecule has 2 aliphatic heterocycles. The summed E-state index contributed by atoms with van der Waals surface area (Å²) < 4.78 is 0. The first-order valence-corrected chi connectivity index (χ1v) is 8.51. The number of rotatable bonds is 3. The summed E-state index contributed by atoms with van der Waals surface area (Å²) in [6.45, 7) is 2.21. The van der Waals surface area contributed by atoms with E-state index in [1.165, 1.54) is 31.4 Å². The molecule has 5 nitrogen and oxygen atoms in total. The lowest BCUT2D eigenvalue weighted by atomic mass is 9.98. The van der Waals surface area contributed by atoms with Crippen molar-refractivity contribution in [2.75, 3.05) is 23.3 Å². The summed E-state index contributed by atoms with van der Waals surface area (Å²) in [5.74, 6) is 0.855. The first-order chi connectivity index (χ1) is 11.4. The second kappa shape index (κ2) is 6.54. The first kappa shape index (κ1) is 14.5. The van der Waals surface area contributed by atoms with Crippen molar-refractivity contribution in [3.8, 4) is 0 Å². The molecular formula is C18H23N5. The zero-order valence-corrected chi connectivity index (χ0v) is 13.3. The molecule has 4 rings (SSSR count). The molecule has 0 amide bonds. The molecule has 2 atom stereocenters. The zero-order valence-electron chi connectivity index (χ0n) is 13.3. The van der Waals surface area contributed by atoms with Crippen LogP contribution in [0.2, 0.25) is 0 Å². The van der Waals surface area contributed by atoms with Crippen LogP contribution in [-0.4, -0.2) is 35.1 Å². The molecule has 5 heteroatoms. The third kappa shape index (κ3) is 3.45. The lowest BCUT2D eigenvalue weighted by molar-refractivity contribution is 0.336. The average Bonchev–Trinajstić information content (AvgIpc) is 2.74. The molecule has 0 saturated carbocycles. The Labute approximate surface area is 137 Å². The van der Waals surface area contributed by atoms with Crippen LogP contribution >= 0.6 is 0 Å². The van der Waals surface area contributed by atoms with E-state index in [9.17, 15) is 0 Å². The van der Waals surface area contributed by atoms with Gasteiger partial charge in [-0.25, -0.2) is 4.98 Å². The van der Waals surface area contributed by atoms with Crippen molar-refractivity contribution < 1.29 is 0 Å². The van der Waals surface area contributed by atoms with Crippen molar-refractivity contribution in [2.24, 2.45) is 0 Å². The number of hydrogen-bond donors (Lipinski definition) is 2. The lowest BCUT2D eigenvalue weighted by Gasteiger charge is -2.29. The lowest BCUT2D eigenvalue weighted by Crippen LogP contribution is -2.44. The Morgan fingerprint density at radius 3 is 2.87 bits per heavy atom. The van der Waals surface area contributed by atoms with Gasteiger partial charge in [-0.1, -0.05) is 6.42 Å². The number of aromatic nitrogens is 2. The predicted molar refractivity (Wildman–Crippen MR) is 93.1 cm³/mol. The highest BCUT2D eigenvalue weighted by molar-refractivity contribution is 5.57. The number of hydrogen-bond acceptors (Lipinski definition) is 5. The minimum absolute atomic E-state index is 0.629. The molecule has 2 aliphatic rings. The summed E-state index contributed by atoms with van der Waals surface area (Å²) in [5.41, 5.74) is 2.18. The maximum absolute atomic E-state index is 4.56. The monoisotopic (exact) mass is 309 g/mol. The van der Waals surface area contributed by atoms with Crippen LogP contribution in [0.15, 0.2) is 42.9 Å². The molecule has 2 saturated heterocycles. The summed E-state index contributed by atoms with van der Waals surface area (Å²) in [5, 5.41) is 7.06. The maximum atomic E-state index is 4.56. The Morgan fingerprint density at radius 2 is 2.04 bits per heavy atom. The van der Waals surface area contributed by atoms with E-state index in [0.717, 1.165) is 24.6 Å². The van der Waals surface area contributed by atoms with E-state index in [-0.39, 0.29) is 0 Å². The summed E-state index contributed by atoms with van der Waals surface area (Å²) >= 11 is 0. The number of piperidine rings is 1. The predicted octanol–water partition coefficient (Wildman–Crippen LogP) is 2.94. The molecule has 0 aromatic carbocycles. The van der Waals surface area contributed by atoms with E-state index in [4.69, 9.17) is 0 Å². The third-order valence-electron chi connectivity index (χ3n) is 4.81. The molecule has 2 aromatic heterocycles. The first-order valence-electron chi connectivity index (χ1n) is 8.51. The largest absolute Gasteiger partial charge is 0.369 e. The van der Waals surface area contributed by atoms with E-state index in [0.29, 0.717) is 12.1 Å². The highest BCUT2D eigenvalue weighted by atomic mass is 15.2. The van der Waals surface area contributed by atoms with E-state index >= 15 is 0 Å². The fraction of sp³-hybridized carbons (Fsp3) is 0.444. The van der Waals surface area contributed by atoms with Gasteiger partial charge in [-0.15, -0.1) is 0 Å². The highest BCUT2D eigenvalue weighted by Gasteiger charge is 2.27. The summed E-state index contributed by atoms with van der Waals surface area (Å²) in [6.07, 6.45) is 10.8. The van der Waals surface area contributed by atoms with E-state index in [2.05, 4.69) is 31.6 Å². The molecule has 120 valence electrons. The van der Waals surface area contributed by atoms with Crippen LogP contribution in [0.25, 0.3) is 0 Å². The molecule has 23 heavy (non-hydrogen) atoms. The summed E-state index contributed by atoms with van der Waals surface area (Å²) in [7, 11) is 0. The van der Waals surface area contributed by atoms with Crippen molar-refractivity contribution in [3.05, 3.63) is 42.9 Å². The number of fused-ring (bicyclic) bond motifs is 2. The van der Waals surface area contributed by atoms with Gasteiger partial charge < -0.3 is 15.5 Å². The Kier molecular flexibility index (Phi) is 4.11. The number of nitrogens with one attached hydrogen (secondary N) is 2. The highest BCUT2D eigenvalue weighted by Crippen LogP contribution is 2.24. The molecule has 2 fully saturated rings. The van der Waals surface area contributed by atoms with Crippen LogP contribution < -0.4 is 15.5 Å². The van der Waals surface area contributed by atoms with Crippen LogP contribution in [0.5, 0.6) is 0 Å². The Balaban J connectivity index is 1.45. The van der Waals surface area contributed by atoms with Crippen molar-refractivity contribution in [3.63, 3.8) is 0 Å². The smallest absolute Gasteiger partial charge is 0.130 e. The van der Waals surface area contributed by atoms with Gasteiger partial charge in [0.2, 0.25) is 0 Å². The standard InChI is InChI=1S/C18H23N5/c1-3-14-8-10-23(13-16(4-1)21-14)17-6-7-18(20-12-17)22-15-5-2-9-19-11-15/h2,5-7,9,11-12,14,16,21H,1,3-4,8,10,13H2,(H,20,22). The van der Waals surface area contributed by atoms with Gasteiger partial charge in [0.05, 0.1) is 23.8 Å². The van der Waals surface area contributed by atoms with Gasteiger partial charge in [-0.3, -0.25) is 4.98 Å². The molecule has 2 N–H and O–H groups in total. The Hall–Kier alpha value is -2.14. The van der Waals surface area contributed by atoms with Crippen molar-refractivity contribution in [1.82, 2.24) is 15.3 Å². The van der Waals surface area contributed by atoms with E-state index in [1.807, 2.05) is 24.4 Å². The van der Waals surface area contributed by atoms with Gasteiger partial charge in [-0.2, -0.15) is 0 Å². The van der Waals surface area contributed by atoms with E-state index in [1.54, 1.807) is 12.4 Å². The minimum atomic E-state index is 0.629. The molecule has 4 heterocycles. The van der Waals surface area contributed by atoms with Gasteiger partial charge in [-0.05, 0) is 43.5 Å². The molecule has 2 unspecified atom stereocenters. The van der Waals surface area contributed by atoms with E-state index < -0.39 is 0 Å². The quantitative estimate of drug-likeness (QED) is 0.913. The van der Waals surface area contributed by atoms with Gasteiger partial charge in [0.15, 0.2) is 0 Å². The van der Waals surface area contributed by atoms with Crippen LogP contribution in [-0.2, 0) is 0 Å². The SMILES string of the molecule is c1cncc(Nc2ccc(N3CCC4CCCC(C3)N4)cn2)c1. The number of pyridine rings is 2. The molecule has 0 aliphatic carbocycles. The fourth-order valence-electron chi connectivity index (χ4n) is 3.62. The Morgan fingerprint density at radius 1 is 1.09 bits per heavy atom. The van der Waals surface area contributed by atoms with Crippen LogP contribution in [0.4, 0.5) is 17.2 Å². The van der Waals surface area contributed by atoms with Gasteiger partial charge in [0.25, 0.3) is 0 Å². The topological polar surface area (TPSA) is 53.1 Å². The molecular weight excluding hydrogens is 286 g/mol. The van der Waals surface area contributed by atoms with Gasteiger partial charge in [0.1, 0.15) is 5.82 Å². The Bertz CT molecular complexity index is 628. The van der Waals surface area contributed by atoms with Crippen LogP contribution in [0.1, 0.15) is 25.7 Å². The summed E-state index contributed by atoms with van der Waals surface area (Å²) in [4.78, 5) is 11.1. The molecule has 0 spiro atoms. The number of nitrogens with zero attached hydrogens (tertiary/aromatic N) is 3. The molecule has 2 aromatic rings. The summed E-state index contributed by atoms with van der Waals surface area (Å²) in [6, 6.07) is 9.46. The van der Waals surface area contributed by atoms with Crippen molar-refractivity contribution in [1.29, 1.82) is 0 Å². The van der Waals surface area contributed by atoms with Crippen molar-refractivity contribution in [2.45, 2.75) is 37.8 Å². The molecule has 0 radical (unpaired) electrons. The second-order valence-corrected chi connectivity index (χ2v) is 6.49. The fourth-order valence-corrected chi connectivity index (χ4v) is 3.62. The second-order valence-electron chi connectivity index (χ2n) is 6.49. The van der Waals surface area contributed by atoms with Gasteiger partial charge >= 0.3 is 0 Å². The normalized spacial score (nSPS) is 24.1. The number of anilines is 3. The van der Waals surface area contributed by atoms with Gasteiger partial charge in [0, 0.05) is 31.4 Å². The molecule has 2 bridgehead atoms. The third-order valence-corrected chi connectivity index (χ3v) is 4.81. The zero-order chi connectivity index (χ0) is 15.5. The van der Waals surface area contributed by atoms with Crippen LogP contribution in [0, 0.1) is 0 Å². The minimum Gasteiger partial charge on any atom is -0.369 e. The maximum Gasteiger partial charge on any atom is 0.130 e. The average molecular weight is 309 g/mol. The van der Waals surface area contributed by atoms with Crippen LogP contribution in [0.3, 0.4) is 0 Å². The van der Waals surface area contributed by atoms with Crippen molar-refractivity contribution >= 4 is 17.2 Å².